The van der Waals surface area contributed by atoms with Crippen molar-refractivity contribution in [3.05, 3.63) is 132 Å². The first kappa shape index (κ1) is 31.4. The zero-order valence-electron chi connectivity index (χ0n) is 26.1. The van der Waals surface area contributed by atoms with E-state index in [1.807, 2.05) is 97.9 Å². The van der Waals surface area contributed by atoms with Gasteiger partial charge in [-0.05, 0) is 78.9 Å². The van der Waals surface area contributed by atoms with Gasteiger partial charge < -0.3 is 25.0 Å². The molecule has 2 aromatic heterocycles. The summed E-state index contributed by atoms with van der Waals surface area (Å²) in [5.74, 6) is 0.383. The molecule has 5 aromatic rings. The van der Waals surface area contributed by atoms with Gasteiger partial charge in [0.25, 0.3) is 5.91 Å². The molecule has 10 nitrogen and oxygen atoms in total. The summed E-state index contributed by atoms with van der Waals surface area (Å²) in [6, 6.07) is 28.6. The van der Waals surface area contributed by atoms with Gasteiger partial charge in [-0.1, -0.05) is 48.5 Å². The van der Waals surface area contributed by atoms with Crippen molar-refractivity contribution in [1.29, 1.82) is 0 Å². The second-order valence-electron chi connectivity index (χ2n) is 11.4. The highest BCUT2D eigenvalue weighted by Gasteiger charge is 2.26. The zero-order valence-corrected chi connectivity index (χ0v) is 26.1. The average molecular weight is 629 g/mol. The van der Waals surface area contributed by atoms with Crippen molar-refractivity contribution in [2.24, 2.45) is 0 Å². The number of amides is 2. The Bertz CT molecular complexity index is 1800. The Morgan fingerprint density at radius 3 is 2.62 bits per heavy atom. The zero-order chi connectivity index (χ0) is 32.4. The van der Waals surface area contributed by atoms with Gasteiger partial charge in [0.1, 0.15) is 0 Å². The summed E-state index contributed by atoms with van der Waals surface area (Å²) >= 11 is 0. The number of nitrogens with zero attached hydrogens (tertiary/aromatic N) is 4. The predicted octanol–water partition coefficient (Wildman–Crippen LogP) is 7.33. The van der Waals surface area contributed by atoms with Crippen molar-refractivity contribution in [2.45, 2.75) is 32.3 Å². The lowest BCUT2D eigenvalue weighted by molar-refractivity contribution is -0.0371. The largest absolute Gasteiger partial charge is 0.422 e. The average Bonchev–Trinajstić information content (AvgIpc) is 3.12. The number of carbonyl (C=O) groups is 2. The number of pyridine rings is 1. The third-order valence-corrected chi connectivity index (χ3v) is 8.06. The maximum absolute atomic E-state index is 13.2. The van der Waals surface area contributed by atoms with E-state index in [1.54, 1.807) is 23.5 Å². The van der Waals surface area contributed by atoms with E-state index in [0.29, 0.717) is 36.9 Å². The van der Waals surface area contributed by atoms with Gasteiger partial charge in [-0.2, -0.15) is 0 Å². The molecule has 6 rings (SSSR count). The molecule has 1 unspecified atom stereocenters. The van der Waals surface area contributed by atoms with Crippen molar-refractivity contribution in [3.8, 4) is 11.3 Å². The molecule has 0 saturated carbocycles. The lowest BCUT2D eigenvalue weighted by Crippen LogP contribution is -2.39. The lowest BCUT2D eigenvalue weighted by atomic mass is 9.90. The Morgan fingerprint density at radius 2 is 1.81 bits per heavy atom. The molecule has 3 heterocycles. The van der Waals surface area contributed by atoms with Crippen molar-refractivity contribution in [1.82, 2.24) is 19.9 Å². The first-order valence-corrected chi connectivity index (χ1v) is 15.6. The number of aryl methyl sites for hydroxylation is 1. The Morgan fingerprint density at radius 1 is 0.957 bits per heavy atom. The van der Waals surface area contributed by atoms with Crippen LogP contribution in [0.15, 0.2) is 110 Å². The maximum atomic E-state index is 13.2. The van der Waals surface area contributed by atoms with E-state index in [0.717, 1.165) is 46.5 Å². The molecule has 47 heavy (non-hydrogen) atoms. The van der Waals surface area contributed by atoms with E-state index < -0.39 is 0 Å². The number of likely N-dealkylation sites (tertiary alicyclic amines) is 1. The van der Waals surface area contributed by atoms with Gasteiger partial charge in [0.2, 0.25) is 5.95 Å². The van der Waals surface area contributed by atoms with E-state index in [4.69, 9.17) is 9.47 Å². The van der Waals surface area contributed by atoms with Gasteiger partial charge in [-0.3, -0.25) is 9.78 Å². The highest BCUT2D eigenvalue weighted by molar-refractivity contribution is 6.04. The van der Waals surface area contributed by atoms with Crippen LogP contribution < -0.4 is 10.6 Å². The number of ether oxygens (including phenoxy) is 2. The first-order valence-electron chi connectivity index (χ1n) is 15.6. The number of hydrogen-bond acceptors (Lipinski definition) is 8. The van der Waals surface area contributed by atoms with E-state index >= 15 is 0 Å². The van der Waals surface area contributed by atoms with Gasteiger partial charge in [0, 0.05) is 60.1 Å². The summed E-state index contributed by atoms with van der Waals surface area (Å²) in [6.07, 6.45) is 6.62. The van der Waals surface area contributed by atoms with Crippen LogP contribution in [0.4, 0.5) is 22.1 Å². The predicted molar refractivity (Wildman–Crippen MR) is 180 cm³/mol. The molecule has 1 fully saturated rings. The second-order valence-corrected chi connectivity index (χ2v) is 11.4. The quantitative estimate of drug-likeness (QED) is 0.122. The summed E-state index contributed by atoms with van der Waals surface area (Å²) < 4.78 is 10.9. The number of hydrogen-bond donors (Lipinski definition) is 2. The standard InChI is InChI=1S/C37H36N6O4/c1-26-11-16-32(21-34(26)42-36-39-19-17-33(41-36)30-9-5-18-38-22-30)40-35(44)29-14-12-28(13-15-29)31-10-6-20-43(23-31)37(45)47-25-46-24-27-7-3-2-4-8-27/h2-5,7-9,11-19,21-22,31H,6,10,20,23-25H2,1H3,(H,40,44)(H,39,41,42). The van der Waals surface area contributed by atoms with Crippen LogP contribution in [-0.4, -0.2) is 51.7 Å². The number of benzene rings is 3. The fourth-order valence-electron chi connectivity index (χ4n) is 5.49. The number of carbonyl (C=O) groups excluding carboxylic acids is 2. The van der Waals surface area contributed by atoms with Crippen LogP contribution in [0.5, 0.6) is 0 Å². The highest BCUT2D eigenvalue weighted by Crippen LogP contribution is 2.28. The van der Waals surface area contributed by atoms with Crippen molar-refractivity contribution in [3.63, 3.8) is 0 Å². The Balaban J connectivity index is 1.02. The number of piperidine rings is 1. The van der Waals surface area contributed by atoms with Gasteiger partial charge in [0.15, 0.2) is 6.79 Å². The smallest absolute Gasteiger partial charge is 0.411 e. The molecule has 1 atom stereocenters. The van der Waals surface area contributed by atoms with E-state index in [2.05, 4.69) is 25.6 Å². The molecule has 0 aliphatic carbocycles. The topological polar surface area (TPSA) is 119 Å². The normalized spacial score (nSPS) is 14.3. The van der Waals surface area contributed by atoms with Crippen LogP contribution in [0, 0.1) is 6.92 Å². The van der Waals surface area contributed by atoms with Crippen LogP contribution in [-0.2, 0) is 16.1 Å². The fraction of sp³-hybridized carbons (Fsp3) is 0.216. The molecule has 0 spiro atoms. The van der Waals surface area contributed by atoms with Gasteiger partial charge in [0.05, 0.1) is 12.3 Å². The molecular weight excluding hydrogens is 592 g/mol. The number of anilines is 3. The SMILES string of the molecule is Cc1ccc(NC(=O)c2ccc(C3CCCN(C(=O)OCOCc4ccccc4)C3)cc2)cc1Nc1nccc(-c2cccnc2)n1. The van der Waals surface area contributed by atoms with E-state index in [9.17, 15) is 9.59 Å². The fourth-order valence-corrected chi connectivity index (χ4v) is 5.49. The Kier molecular flexibility index (Phi) is 10.1. The number of rotatable bonds is 10. The van der Waals surface area contributed by atoms with Crippen molar-refractivity contribution < 1.29 is 19.1 Å². The van der Waals surface area contributed by atoms with Crippen LogP contribution in [0.3, 0.4) is 0 Å². The van der Waals surface area contributed by atoms with Crippen molar-refractivity contribution >= 4 is 29.3 Å². The van der Waals surface area contributed by atoms with E-state index in [-0.39, 0.29) is 24.7 Å². The van der Waals surface area contributed by atoms with Crippen LogP contribution in [0.1, 0.15) is 45.8 Å². The first-order chi connectivity index (χ1) is 23.0. The van der Waals surface area contributed by atoms with Crippen molar-refractivity contribution in [2.75, 3.05) is 30.5 Å². The Labute approximate surface area is 273 Å². The molecule has 238 valence electrons. The molecular formula is C37H36N6O4. The molecule has 0 radical (unpaired) electrons. The summed E-state index contributed by atoms with van der Waals surface area (Å²) in [5, 5.41) is 6.27. The van der Waals surface area contributed by atoms with Gasteiger partial charge in [-0.15, -0.1) is 0 Å². The summed E-state index contributed by atoms with van der Waals surface area (Å²) in [6.45, 7) is 3.46. The summed E-state index contributed by atoms with van der Waals surface area (Å²) in [5.41, 5.74) is 6.70. The van der Waals surface area contributed by atoms with E-state index in [1.165, 1.54) is 0 Å². The van der Waals surface area contributed by atoms with Crippen LogP contribution >= 0.6 is 0 Å². The van der Waals surface area contributed by atoms with Gasteiger partial charge >= 0.3 is 6.09 Å². The maximum Gasteiger partial charge on any atom is 0.411 e. The molecule has 10 heteroatoms. The minimum atomic E-state index is -0.376. The highest BCUT2D eigenvalue weighted by atomic mass is 16.7. The Hall–Kier alpha value is -5.61. The molecule has 1 aliphatic rings. The molecule has 2 amide bonds. The molecule has 1 aliphatic heterocycles. The lowest BCUT2D eigenvalue weighted by Gasteiger charge is -2.32. The third-order valence-electron chi connectivity index (χ3n) is 8.06. The minimum absolute atomic E-state index is 0.0929. The van der Waals surface area contributed by atoms with Gasteiger partial charge in [-0.25, -0.2) is 14.8 Å². The number of aromatic nitrogens is 3. The second kappa shape index (κ2) is 15.1. The number of nitrogens with one attached hydrogen (secondary N) is 2. The third kappa shape index (κ3) is 8.36. The summed E-state index contributed by atoms with van der Waals surface area (Å²) in [7, 11) is 0. The molecule has 3 aromatic carbocycles. The minimum Gasteiger partial charge on any atom is -0.422 e. The summed E-state index contributed by atoms with van der Waals surface area (Å²) in [4.78, 5) is 40.7. The van der Waals surface area contributed by atoms with Crippen LogP contribution in [0.2, 0.25) is 0 Å². The molecule has 2 N–H and O–H groups in total. The monoisotopic (exact) mass is 628 g/mol. The molecule has 0 bridgehead atoms. The van der Waals surface area contributed by atoms with Crippen LogP contribution in [0.25, 0.3) is 11.3 Å². The molecule has 1 saturated heterocycles.